The number of anilines is 1. The van der Waals surface area contributed by atoms with Gasteiger partial charge in [0, 0.05) is 31.1 Å². The first-order valence-electron chi connectivity index (χ1n) is 8.14. The lowest BCUT2D eigenvalue weighted by Gasteiger charge is -2.27. The first-order valence-corrected chi connectivity index (χ1v) is 9.02. The largest absolute Gasteiger partial charge is 0.352 e. The molecule has 1 fully saturated rings. The molecule has 7 heteroatoms. The Hall–Kier alpha value is -1.89. The Bertz CT molecular complexity index is 726. The fourth-order valence-corrected chi connectivity index (χ4v) is 3.26. The topological polar surface area (TPSA) is 70.2 Å². The number of hydrogen-bond donors (Lipinski definition) is 3. The Balaban J connectivity index is 0.00000225. The summed E-state index contributed by atoms with van der Waals surface area (Å²) in [6.07, 6.45) is 0.938. The van der Waals surface area contributed by atoms with Crippen molar-refractivity contribution in [2.24, 2.45) is 5.92 Å². The van der Waals surface area contributed by atoms with Crippen molar-refractivity contribution in [3.05, 3.63) is 52.4 Å². The lowest BCUT2D eigenvalue weighted by molar-refractivity contribution is 0.0943. The molecule has 1 aromatic heterocycles. The van der Waals surface area contributed by atoms with E-state index in [2.05, 4.69) is 22.9 Å². The van der Waals surface area contributed by atoms with Gasteiger partial charge in [-0.25, -0.2) is 0 Å². The highest BCUT2D eigenvalue weighted by Gasteiger charge is 2.20. The van der Waals surface area contributed by atoms with Crippen LogP contribution in [0.15, 0.2) is 35.7 Å². The van der Waals surface area contributed by atoms with Crippen LogP contribution in [0.4, 0.5) is 5.00 Å². The van der Waals surface area contributed by atoms with Crippen LogP contribution < -0.4 is 16.0 Å². The summed E-state index contributed by atoms with van der Waals surface area (Å²) in [6.45, 7) is 4.63. The molecule has 5 nitrogen and oxygen atoms in total. The van der Waals surface area contributed by atoms with Crippen LogP contribution in [-0.2, 0) is 6.42 Å². The Morgan fingerprint density at radius 2 is 1.88 bits per heavy atom. The van der Waals surface area contributed by atoms with Gasteiger partial charge in [0.15, 0.2) is 0 Å². The lowest BCUT2D eigenvalue weighted by Crippen LogP contribution is -2.48. The molecule has 134 valence electrons. The highest BCUT2D eigenvalue weighted by Crippen LogP contribution is 2.24. The van der Waals surface area contributed by atoms with E-state index >= 15 is 0 Å². The third-order valence-corrected chi connectivity index (χ3v) is 5.01. The van der Waals surface area contributed by atoms with Gasteiger partial charge in [0.1, 0.15) is 5.00 Å². The summed E-state index contributed by atoms with van der Waals surface area (Å²) in [6, 6.07) is 9.26. The average Bonchev–Trinajstić information content (AvgIpc) is 3.01. The predicted molar refractivity (Wildman–Crippen MR) is 104 cm³/mol. The molecule has 1 aromatic carbocycles. The van der Waals surface area contributed by atoms with Crippen molar-refractivity contribution in [1.82, 2.24) is 10.6 Å². The number of benzene rings is 1. The Labute approximate surface area is 157 Å². The molecule has 25 heavy (non-hydrogen) atoms. The second-order valence-electron chi connectivity index (χ2n) is 5.90. The van der Waals surface area contributed by atoms with Gasteiger partial charge in [0.2, 0.25) is 0 Å². The maximum atomic E-state index is 12.4. The molecule has 3 N–H and O–H groups in total. The SMILES string of the molecule is CCc1ccc(C(=O)Nc2sccc2C(=O)NCC2CNC2)cc1.Cl. The van der Waals surface area contributed by atoms with Gasteiger partial charge in [0.05, 0.1) is 5.56 Å². The van der Waals surface area contributed by atoms with E-state index in [0.717, 1.165) is 19.5 Å². The molecule has 2 amide bonds. The molecule has 0 radical (unpaired) electrons. The van der Waals surface area contributed by atoms with Crippen LogP contribution in [0.25, 0.3) is 0 Å². The van der Waals surface area contributed by atoms with Crippen molar-refractivity contribution in [3.8, 4) is 0 Å². The normalized spacial score (nSPS) is 13.5. The highest BCUT2D eigenvalue weighted by molar-refractivity contribution is 7.14. The lowest BCUT2D eigenvalue weighted by atomic mass is 10.0. The van der Waals surface area contributed by atoms with E-state index in [0.29, 0.717) is 28.6 Å². The minimum absolute atomic E-state index is 0. The molecule has 0 spiro atoms. The van der Waals surface area contributed by atoms with Crippen LogP contribution in [0.5, 0.6) is 0 Å². The number of nitrogens with one attached hydrogen (secondary N) is 3. The first-order chi connectivity index (χ1) is 11.7. The van der Waals surface area contributed by atoms with Gasteiger partial charge in [-0.15, -0.1) is 23.7 Å². The summed E-state index contributed by atoms with van der Waals surface area (Å²) in [5.74, 6) is 0.167. The molecule has 0 bridgehead atoms. The molecule has 3 rings (SSSR count). The van der Waals surface area contributed by atoms with Crippen LogP contribution in [-0.4, -0.2) is 31.4 Å². The van der Waals surface area contributed by atoms with Crippen LogP contribution in [0.1, 0.15) is 33.2 Å². The summed E-state index contributed by atoms with van der Waals surface area (Å²) < 4.78 is 0. The number of halogens is 1. The van der Waals surface area contributed by atoms with E-state index in [1.807, 2.05) is 29.6 Å². The summed E-state index contributed by atoms with van der Waals surface area (Å²) in [5.41, 5.74) is 2.30. The fourth-order valence-electron chi connectivity index (χ4n) is 2.48. The van der Waals surface area contributed by atoms with Crippen molar-refractivity contribution < 1.29 is 9.59 Å². The predicted octanol–water partition coefficient (Wildman–Crippen LogP) is 2.93. The zero-order chi connectivity index (χ0) is 16.9. The second kappa shape index (κ2) is 8.99. The van der Waals surface area contributed by atoms with Gasteiger partial charge in [-0.1, -0.05) is 19.1 Å². The Morgan fingerprint density at radius 3 is 2.48 bits per heavy atom. The van der Waals surface area contributed by atoms with Crippen LogP contribution >= 0.6 is 23.7 Å². The van der Waals surface area contributed by atoms with Crippen LogP contribution in [0.3, 0.4) is 0 Å². The summed E-state index contributed by atoms with van der Waals surface area (Å²) in [5, 5.41) is 11.4. The van der Waals surface area contributed by atoms with Gasteiger partial charge in [0.25, 0.3) is 11.8 Å². The van der Waals surface area contributed by atoms with E-state index in [1.54, 1.807) is 6.07 Å². The standard InChI is InChI=1S/C18H21N3O2S.ClH/c1-2-12-3-5-14(6-4-12)16(22)21-18-15(7-8-24-18)17(23)20-11-13-9-19-10-13;/h3-8,13,19H,2,9-11H2,1H3,(H,20,23)(H,21,22);1H. The number of amides is 2. The smallest absolute Gasteiger partial charge is 0.256 e. The molecule has 0 atom stereocenters. The van der Waals surface area contributed by atoms with E-state index < -0.39 is 0 Å². The maximum absolute atomic E-state index is 12.4. The average molecular weight is 380 g/mol. The number of rotatable bonds is 6. The summed E-state index contributed by atoms with van der Waals surface area (Å²) >= 11 is 1.36. The molecular weight excluding hydrogens is 358 g/mol. The third kappa shape index (κ3) is 4.81. The zero-order valence-corrected chi connectivity index (χ0v) is 15.6. The van der Waals surface area contributed by atoms with Gasteiger partial charge in [-0.3, -0.25) is 9.59 Å². The number of thiophene rings is 1. The Morgan fingerprint density at radius 1 is 1.16 bits per heavy atom. The molecular formula is C18H22ClN3O2S. The van der Waals surface area contributed by atoms with Gasteiger partial charge in [-0.05, 0) is 35.6 Å². The van der Waals surface area contributed by atoms with Crippen molar-refractivity contribution in [2.75, 3.05) is 25.0 Å². The Kier molecular flexibility index (Phi) is 6.99. The minimum atomic E-state index is -0.197. The molecule has 0 aliphatic carbocycles. The van der Waals surface area contributed by atoms with Crippen LogP contribution in [0, 0.1) is 5.92 Å². The van der Waals surface area contributed by atoms with Gasteiger partial charge >= 0.3 is 0 Å². The van der Waals surface area contributed by atoms with Crippen molar-refractivity contribution >= 4 is 40.6 Å². The van der Waals surface area contributed by atoms with E-state index in [4.69, 9.17) is 0 Å². The van der Waals surface area contributed by atoms with Crippen LogP contribution in [0.2, 0.25) is 0 Å². The van der Waals surface area contributed by atoms with Gasteiger partial charge in [-0.2, -0.15) is 0 Å². The molecule has 1 aliphatic heterocycles. The monoisotopic (exact) mass is 379 g/mol. The number of aryl methyl sites for hydroxylation is 1. The van der Waals surface area contributed by atoms with Crippen molar-refractivity contribution in [3.63, 3.8) is 0 Å². The van der Waals surface area contributed by atoms with Gasteiger partial charge < -0.3 is 16.0 Å². The van der Waals surface area contributed by atoms with Crippen molar-refractivity contribution in [2.45, 2.75) is 13.3 Å². The molecule has 2 aromatic rings. The van der Waals surface area contributed by atoms with E-state index in [1.165, 1.54) is 16.9 Å². The van der Waals surface area contributed by atoms with Crippen molar-refractivity contribution in [1.29, 1.82) is 0 Å². The second-order valence-corrected chi connectivity index (χ2v) is 6.82. The fraction of sp³-hybridized carbons (Fsp3) is 0.333. The zero-order valence-electron chi connectivity index (χ0n) is 14.0. The molecule has 0 saturated carbocycles. The number of carbonyl (C=O) groups is 2. The third-order valence-electron chi connectivity index (χ3n) is 4.18. The summed E-state index contributed by atoms with van der Waals surface area (Å²) in [7, 11) is 0. The highest BCUT2D eigenvalue weighted by atomic mass is 35.5. The maximum Gasteiger partial charge on any atom is 0.256 e. The molecule has 0 unspecified atom stereocenters. The molecule has 2 heterocycles. The first kappa shape index (κ1) is 19.4. The number of carbonyl (C=O) groups excluding carboxylic acids is 2. The molecule has 1 aliphatic rings. The number of hydrogen-bond acceptors (Lipinski definition) is 4. The summed E-state index contributed by atoms with van der Waals surface area (Å²) in [4.78, 5) is 24.7. The van der Waals surface area contributed by atoms with E-state index in [9.17, 15) is 9.59 Å². The van der Waals surface area contributed by atoms with E-state index in [-0.39, 0.29) is 24.2 Å². The molecule has 1 saturated heterocycles. The quantitative estimate of drug-likeness (QED) is 0.722. The minimum Gasteiger partial charge on any atom is -0.352 e.